The number of hydrogen-bond donors (Lipinski definition) is 2. The summed E-state index contributed by atoms with van der Waals surface area (Å²) in [6.45, 7) is 0.441. The van der Waals surface area contributed by atoms with Crippen molar-refractivity contribution in [2.24, 2.45) is 0 Å². The van der Waals surface area contributed by atoms with Gasteiger partial charge in [-0.2, -0.15) is 5.10 Å². The largest absolute Gasteiger partial charge is 0.492 e. The maximum Gasteiger partial charge on any atom is 0.354 e. The normalized spacial score (nSPS) is 13.2. The van der Waals surface area contributed by atoms with Crippen LogP contribution in [0.25, 0.3) is 11.3 Å². The van der Waals surface area contributed by atoms with E-state index in [4.69, 9.17) is 9.84 Å². The number of carbonyl (C=O) groups is 1. The molecular formula is C12H9BrN2O3. The number of carboxylic acids is 1. The number of ether oxygens (including phenoxy) is 1. The van der Waals surface area contributed by atoms with Crippen LogP contribution >= 0.6 is 15.9 Å². The second-order valence-electron chi connectivity index (χ2n) is 3.97. The number of carboxylic acid groups (broad SMARTS) is 1. The van der Waals surface area contributed by atoms with Crippen molar-refractivity contribution in [3.05, 3.63) is 33.9 Å². The van der Waals surface area contributed by atoms with Gasteiger partial charge in [0.2, 0.25) is 0 Å². The minimum absolute atomic E-state index is 0.143. The van der Waals surface area contributed by atoms with Crippen LogP contribution in [0.3, 0.4) is 0 Å². The number of nitrogens with one attached hydrogen (secondary N) is 1. The van der Waals surface area contributed by atoms with Gasteiger partial charge in [0.25, 0.3) is 0 Å². The van der Waals surface area contributed by atoms with Crippen molar-refractivity contribution in [3.63, 3.8) is 0 Å². The molecule has 0 bridgehead atoms. The van der Waals surface area contributed by atoms with Crippen molar-refractivity contribution in [1.82, 2.24) is 10.2 Å². The van der Waals surface area contributed by atoms with E-state index in [9.17, 15) is 4.79 Å². The fourth-order valence-electron chi connectivity index (χ4n) is 2.08. The molecular weight excluding hydrogens is 300 g/mol. The molecule has 0 saturated carbocycles. The maximum atomic E-state index is 11.1. The Balaban J connectivity index is 2.22. The van der Waals surface area contributed by atoms with Gasteiger partial charge < -0.3 is 9.84 Å². The van der Waals surface area contributed by atoms with E-state index in [2.05, 4.69) is 26.1 Å². The van der Waals surface area contributed by atoms with E-state index in [0.717, 1.165) is 10.0 Å². The summed E-state index contributed by atoms with van der Waals surface area (Å²) >= 11 is 3.38. The van der Waals surface area contributed by atoms with E-state index in [-0.39, 0.29) is 5.69 Å². The predicted molar refractivity (Wildman–Crippen MR) is 67.9 cm³/mol. The number of halogens is 1. The lowest BCUT2D eigenvalue weighted by Crippen LogP contribution is -2.05. The van der Waals surface area contributed by atoms with E-state index in [1.54, 1.807) is 0 Å². The third kappa shape index (κ3) is 1.69. The first-order valence-electron chi connectivity index (χ1n) is 5.40. The van der Waals surface area contributed by atoms with Crippen LogP contribution in [0.2, 0.25) is 0 Å². The van der Waals surface area contributed by atoms with Gasteiger partial charge in [-0.15, -0.1) is 0 Å². The van der Waals surface area contributed by atoms with Gasteiger partial charge in [0.1, 0.15) is 11.4 Å². The summed E-state index contributed by atoms with van der Waals surface area (Å²) < 4.78 is 6.54. The lowest BCUT2D eigenvalue weighted by Gasteiger charge is -2.06. The number of nitrogens with zero attached hydrogens (tertiary/aromatic N) is 1. The number of fused-ring (bicyclic) bond motifs is 3. The average Bonchev–Trinajstić information content (AvgIpc) is 2.66. The second kappa shape index (κ2) is 4.13. The molecule has 2 heterocycles. The summed E-state index contributed by atoms with van der Waals surface area (Å²) in [7, 11) is 0. The molecule has 0 spiro atoms. The lowest BCUT2D eigenvalue weighted by molar-refractivity contribution is 0.0689. The van der Waals surface area contributed by atoms with Crippen LogP contribution in [0.5, 0.6) is 5.75 Å². The molecule has 2 aromatic rings. The smallest absolute Gasteiger partial charge is 0.354 e. The van der Waals surface area contributed by atoms with Crippen LogP contribution in [-0.2, 0) is 6.42 Å². The Labute approximate surface area is 111 Å². The zero-order chi connectivity index (χ0) is 12.7. The van der Waals surface area contributed by atoms with Crippen molar-refractivity contribution in [1.29, 1.82) is 0 Å². The molecule has 0 atom stereocenters. The fraction of sp³-hybridized carbons (Fsp3) is 0.167. The predicted octanol–water partition coefficient (Wildman–Crippen LogP) is 2.47. The molecule has 1 aromatic carbocycles. The van der Waals surface area contributed by atoms with E-state index in [1.807, 2.05) is 18.2 Å². The Morgan fingerprint density at radius 1 is 1.50 bits per heavy atom. The van der Waals surface area contributed by atoms with Crippen molar-refractivity contribution < 1.29 is 14.6 Å². The summed E-state index contributed by atoms with van der Waals surface area (Å²) in [5, 5.41) is 15.8. The van der Waals surface area contributed by atoms with E-state index >= 15 is 0 Å². The third-order valence-electron chi connectivity index (χ3n) is 2.89. The van der Waals surface area contributed by atoms with Crippen LogP contribution in [-0.4, -0.2) is 27.9 Å². The molecule has 1 aliphatic rings. The number of hydrogen-bond acceptors (Lipinski definition) is 3. The second-order valence-corrected chi connectivity index (χ2v) is 4.89. The van der Waals surface area contributed by atoms with Crippen LogP contribution in [0, 0.1) is 0 Å². The first-order chi connectivity index (χ1) is 8.66. The molecule has 6 heteroatoms. The molecule has 1 aliphatic heterocycles. The Kier molecular flexibility index (Phi) is 2.59. The SMILES string of the molecule is O=C(O)c1[nH]nc2c1CCOc1cc(Br)ccc1-2. The zero-order valence-corrected chi connectivity index (χ0v) is 10.8. The van der Waals surface area contributed by atoms with Crippen molar-refractivity contribution >= 4 is 21.9 Å². The van der Waals surface area contributed by atoms with Gasteiger partial charge in [0, 0.05) is 22.0 Å². The molecule has 0 aliphatic carbocycles. The number of aromatic amines is 1. The van der Waals surface area contributed by atoms with Crippen LogP contribution in [0.4, 0.5) is 0 Å². The van der Waals surface area contributed by atoms with Crippen LogP contribution in [0.1, 0.15) is 16.1 Å². The van der Waals surface area contributed by atoms with Gasteiger partial charge in [-0.3, -0.25) is 5.10 Å². The Bertz CT molecular complexity index is 636. The third-order valence-corrected chi connectivity index (χ3v) is 3.38. The van der Waals surface area contributed by atoms with Gasteiger partial charge in [-0.05, 0) is 18.2 Å². The summed E-state index contributed by atoms with van der Waals surface area (Å²) in [5.74, 6) is -0.282. The van der Waals surface area contributed by atoms with E-state index < -0.39 is 5.97 Å². The molecule has 0 radical (unpaired) electrons. The molecule has 92 valence electrons. The summed E-state index contributed by atoms with van der Waals surface area (Å²) in [6, 6.07) is 5.61. The van der Waals surface area contributed by atoms with E-state index in [0.29, 0.717) is 30.0 Å². The van der Waals surface area contributed by atoms with Crippen molar-refractivity contribution in [2.75, 3.05) is 6.61 Å². The Morgan fingerprint density at radius 3 is 3.11 bits per heavy atom. The monoisotopic (exact) mass is 308 g/mol. The summed E-state index contributed by atoms with van der Waals surface area (Å²) in [4.78, 5) is 11.1. The van der Waals surface area contributed by atoms with Gasteiger partial charge in [-0.25, -0.2) is 4.79 Å². The van der Waals surface area contributed by atoms with E-state index in [1.165, 1.54) is 0 Å². The molecule has 0 fully saturated rings. The van der Waals surface area contributed by atoms with Gasteiger partial charge >= 0.3 is 5.97 Å². The molecule has 0 saturated heterocycles. The quantitative estimate of drug-likeness (QED) is 0.848. The number of aromatic carboxylic acids is 1. The van der Waals surface area contributed by atoms with Crippen LogP contribution in [0.15, 0.2) is 22.7 Å². The highest BCUT2D eigenvalue weighted by atomic mass is 79.9. The lowest BCUT2D eigenvalue weighted by atomic mass is 10.0. The first-order valence-corrected chi connectivity index (χ1v) is 6.19. The molecule has 0 amide bonds. The molecule has 5 nitrogen and oxygen atoms in total. The Hall–Kier alpha value is -1.82. The maximum absolute atomic E-state index is 11.1. The molecule has 1 aromatic heterocycles. The standard InChI is InChI=1S/C12H9BrN2O3/c13-6-1-2-7-9(5-6)18-4-3-8-10(7)14-15-11(8)12(16)17/h1-2,5H,3-4H2,(H,14,15)(H,16,17). The molecule has 3 rings (SSSR count). The van der Waals surface area contributed by atoms with Gasteiger partial charge in [-0.1, -0.05) is 15.9 Å². The minimum atomic E-state index is -0.996. The zero-order valence-electron chi connectivity index (χ0n) is 9.24. The van der Waals surface area contributed by atoms with Crippen molar-refractivity contribution in [3.8, 4) is 17.0 Å². The molecule has 2 N–H and O–H groups in total. The number of aromatic nitrogens is 2. The van der Waals surface area contributed by atoms with Crippen molar-refractivity contribution in [2.45, 2.75) is 6.42 Å². The highest BCUT2D eigenvalue weighted by molar-refractivity contribution is 9.10. The number of H-pyrrole nitrogens is 1. The minimum Gasteiger partial charge on any atom is -0.492 e. The van der Waals surface area contributed by atoms with Crippen LogP contribution < -0.4 is 4.74 Å². The topological polar surface area (TPSA) is 75.2 Å². The molecule has 0 unspecified atom stereocenters. The fourth-order valence-corrected chi connectivity index (χ4v) is 2.42. The summed E-state index contributed by atoms with van der Waals surface area (Å²) in [6.07, 6.45) is 0.528. The summed E-state index contributed by atoms with van der Waals surface area (Å²) in [5.41, 5.74) is 2.31. The van der Waals surface area contributed by atoms with Gasteiger partial charge in [0.05, 0.1) is 12.3 Å². The highest BCUT2D eigenvalue weighted by Crippen LogP contribution is 2.36. The number of rotatable bonds is 1. The van der Waals surface area contributed by atoms with Gasteiger partial charge in [0.15, 0.2) is 0 Å². The highest BCUT2D eigenvalue weighted by Gasteiger charge is 2.24. The average molecular weight is 309 g/mol. The molecule has 18 heavy (non-hydrogen) atoms. The Morgan fingerprint density at radius 2 is 2.33 bits per heavy atom. The first kappa shape index (κ1) is 11.3. The number of benzene rings is 1.